The predicted molar refractivity (Wildman–Crippen MR) is 79.6 cm³/mol. The van der Waals surface area contributed by atoms with Crippen LogP contribution in [0.3, 0.4) is 0 Å². The van der Waals surface area contributed by atoms with Crippen molar-refractivity contribution in [3.8, 4) is 0 Å². The van der Waals surface area contributed by atoms with Crippen LogP contribution in [0.4, 0.5) is 0 Å². The lowest BCUT2D eigenvalue weighted by Crippen LogP contribution is -2.29. The van der Waals surface area contributed by atoms with Gasteiger partial charge < -0.3 is 5.32 Å². The highest BCUT2D eigenvalue weighted by molar-refractivity contribution is 7.19. The quantitative estimate of drug-likeness (QED) is 0.928. The fourth-order valence-electron chi connectivity index (χ4n) is 2.58. The van der Waals surface area contributed by atoms with E-state index in [0.717, 1.165) is 24.7 Å². The second-order valence-electron chi connectivity index (χ2n) is 4.84. The van der Waals surface area contributed by atoms with E-state index in [1.807, 2.05) is 18.4 Å². The first-order chi connectivity index (χ1) is 8.78. The maximum Gasteiger partial charge on any atom is 0.0637 e. The summed E-state index contributed by atoms with van der Waals surface area (Å²) in [6, 6.07) is 9.02. The lowest BCUT2D eigenvalue weighted by Gasteiger charge is -2.14. The van der Waals surface area contributed by atoms with Gasteiger partial charge in [0, 0.05) is 40.6 Å². The molecule has 1 fully saturated rings. The summed E-state index contributed by atoms with van der Waals surface area (Å²) >= 11 is 8.30. The van der Waals surface area contributed by atoms with Gasteiger partial charge in [-0.1, -0.05) is 29.8 Å². The smallest absolute Gasteiger partial charge is 0.0637 e. The Hall–Kier alpha value is -0.610. The molecule has 1 aliphatic rings. The number of hydrogen-bond donors (Lipinski definition) is 1. The van der Waals surface area contributed by atoms with E-state index in [-0.39, 0.29) is 0 Å². The van der Waals surface area contributed by atoms with Crippen molar-refractivity contribution in [3.05, 3.63) is 34.2 Å². The van der Waals surface area contributed by atoms with Gasteiger partial charge in [-0.25, -0.2) is 0 Å². The molecule has 0 radical (unpaired) electrons. The van der Waals surface area contributed by atoms with Gasteiger partial charge >= 0.3 is 0 Å². The zero-order valence-corrected chi connectivity index (χ0v) is 12.0. The molecule has 0 aliphatic carbocycles. The molecule has 1 N–H and O–H groups in total. The minimum Gasteiger partial charge on any atom is -0.316 e. The van der Waals surface area contributed by atoms with E-state index in [1.165, 1.54) is 21.4 Å². The van der Waals surface area contributed by atoms with Gasteiger partial charge in [-0.15, -0.1) is 11.3 Å². The molecule has 1 aromatic heterocycles. The third-order valence-electron chi connectivity index (χ3n) is 3.65. The van der Waals surface area contributed by atoms with Gasteiger partial charge in [-0.3, -0.25) is 4.90 Å². The average molecular weight is 281 g/mol. The van der Waals surface area contributed by atoms with Gasteiger partial charge in [0.15, 0.2) is 0 Å². The van der Waals surface area contributed by atoms with Gasteiger partial charge in [-0.05, 0) is 19.5 Å². The highest BCUT2D eigenvalue weighted by atomic mass is 35.5. The molecule has 1 saturated heterocycles. The van der Waals surface area contributed by atoms with Crippen molar-refractivity contribution in [1.82, 2.24) is 10.2 Å². The first-order valence-electron chi connectivity index (χ1n) is 6.33. The molecule has 4 heteroatoms. The summed E-state index contributed by atoms with van der Waals surface area (Å²) in [4.78, 5) is 3.78. The van der Waals surface area contributed by atoms with Crippen molar-refractivity contribution in [1.29, 1.82) is 0 Å². The van der Waals surface area contributed by atoms with Crippen molar-refractivity contribution < 1.29 is 0 Å². The fourth-order valence-corrected chi connectivity index (χ4v) is 4.12. The Kier molecular flexibility index (Phi) is 3.57. The van der Waals surface area contributed by atoms with Crippen LogP contribution in [0.25, 0.3) is 10.1 Å². The van der Waals surface area contributed by atoms with Crippen LogP contribution in [0.15, 0.2) is 24.3 Å². The standard InChI is InChI=1S/C14H17ClN2S/c1-16-10-6-7-17(8-10)9-13-14(15)11-4-2-3-5-12(11)18-13/h2-5,10,16H,6-9H2,1H3. The number of thiophene rings is 1. The monoisotopic (exact) mass is 280 g/mol. The number of nitrogens with zero attached hydrogens (tertiary/aromatic N) is 1. The SMILES string of the molecule is CNC1CCN(Cc2sc3ccccc3c2Cl)C1. The molecule has 3 rings (SSSR count). The zero-order valence-electron chi connectivity index (χ0n) is 10.4. The molecular formula is C14H17ClN2S. The zero-order chi connectivity index (χ0) is 12.5. The van der Waals surface area contributed by atoms with Crippen LogP contribution < -0.4 is 5.32 Å². The molecule has 2 aromatic rings. The molecule has 1 unspecified atom stereocenters. The van der Waals surface area contributed by atoms with Crippen molar-refractivity contribution >= 4 is 33.0 Å². The average Bonchev–Trinajstić information content (AvgIpc) is 2.97. The minimum absolute atomic E-state index is 0.637. The highest BCUT2D eigenvalue weighted by Gasteiger charge is 2.22. The van der Waals surface area contributed by atoms with Crippen molar-refractivity contribution in [3.63, 3.8) is 0 Å². The van der Waals surface area contributed by atoms with E-state index in [4.69, 9.17) is 11.6 Å². The summed E-state index contributed by atoms with van der Waals surface area (Å²) in [7, 11) is 2.04. The largest absolute Gasteiger partial charge is 0.316 e. The number of hydrogen-bond acceptors (Lipinski definition) is 3. The summed E-state index contributed by atoms with van der Waals surface area (Å²) < 4.78 is 1.29. The van der Waals surface area contributed by atoms with Crippen LogP contribution in [-0.4, -0.2) is 31.1 Å². The van der Waals surface area contributed by atoms with Gasteiger partial charge in [0.05, 0.1) is 5.02 Å². The fraction of sp³-hybridized carbons (Fsp3) is 0.429. The normalized spacial score (nSPS) is 20.9. The lowest BCUT2D eigenvalue weighted by molar-refractivity contribution is 0.325. The molecule has 96 valence electrons. The maximum atomic E-state index is 6.47. The number of benzene rings is 1. The molecule has 0 amide bonds. The second-order valence-corrected chi connectivity index (χ2v) is 6.36. The van der Waals surface area contributed by atoms with Crippen LogP contribution in [0.1, 0.15) is 11.3 Å². The highest BCUT2D eigenvalue weighted by Crippen LogP contribution is 2.36. The third-order valence-corrected chi connectivity index (χ3v) is 5.35. The molecule has 18 heavy (non-hydrogen) atoms. The van der Waals surface area contributed by atoms with Crippen molar-refractivity contribution in [2.24, 2.45) is 0 Å². The Bertz CT molecular complexity index is 552. The summed E-state index contributed by atoms with van der Waals surface area (Å²) in [6.07, 6.45) is 1.24. The van der Waals surface area contributed by atoms with Gasteiger partial charge in [0.1, 0.15) is 0 Å². The molecule has 2 heterocycles. The Balaban J connectivity index is 1.81. The Morgan fingerprint density at radius 2 is 2.28 bits per heavy atom. The third kappa shape index (κ3) is 2.28. The topological polar surface area (TPSA) is 15.3 Å². The molecule has 0 bridgehead atoms. The number of fused-ring (bicyclic) bond motifs is 1. The molecule has 0 saturated carbocycles. The van der Waals surface area contributed by atoms with E-state index in [9.17, 15) is 0 Å². The van der Waals surface area contributed by atoms with Gasteiger partial charge in [-0.2, -0.15) is 0 Å². The summed E-state index contributed by atoms with van der Waals surface area (Å²) in [6.45, 7) is 3.27. The predicted octanol–water partition coefficient (Wildman–Crippen LogP) is 3.35. The number of nitrogens with one attached hydrogen (secondary N) is 1. The molecule has 1 aromatic carbocycles. The Morgan fingerprint density at radius 1 is 1.44 bits per heavy atom. The van der Waals surface area contributed by atoms with Crippen LogP contribution in [0.5, 0.6) is 0 Å². The molecular weight excluding hydrogens is 264 g/mol. The number of rotatable bonds is 3. The second kappa shape index (κ2) is 5.17. The van der Waals surface area contributed by atoms with E-state index in [0.29, 0.717) is 6.04 Å². The molecule has 2 nitrogen and oxygen atoms in total. The van der Waals surface area contributed by atoms with Crippen LogP contribution in [0, 0.1) is 0 Å². The summed E-state index contributed by atoms with van der Waals surface area (Å²) in [5.74, 6) is 0. The van der Waals surface area contributed by atoms with E-state index >= 15 is 0 Å². The van der Waals surface area contributed by atoms with Crippen molar-refractivity contribution in [2.75, 3.05) is 20.1 Å². The first kappa shape index (κ1) is 12.4. The van der Waals surface area contributed by atoms with Crippen LogP contribution in [0.2, 0.25) is 5.02 Å². The van der Waals surface area contributed by atoms with E-state index in [2.05, 4.69) is 34.5 Å². The first-order valence-corrected chi connectivity index (χ1v) is 7.53. The van der Waals surface area contributed by atoms with Crippen molar-refractivity contribution in [2.45, 2.75) is 19.0 Å². The molecule has 1 aliphatic heterocycles. The minimum atomic E-state index is 0.637. The lowest BCUT2D eigenvalue weighted by atomic mass is 10.2. The number of likely N-dealkylation sites (tertiary alicyclic amines) is 1. The number of halogens is 1. The van der Waals surface area contributed by atoms with Crippen LogP contribution >= 0.6 is 22.9 Å². The summed E-state index contributed by atoms with van der Waals surface area (Å²) in [5.41, 5.74) is 0. The van der Waals surface area contributed by atoms with Gasteiger partial charge in [0.25, 0.3) is 0 Å². The summed E-state index contributed by atoms with van der Waals surface area (Å²) in [5, 5.41) is 5.50. The maximum absolute atomic E-state index is 6.47. The molecule has 0 spiro atoms. The molecule has 1 atom stereocenters. The Labute approximate surface area is 117 Å². The van der Waals surface area contributed by atoms with Gasteiger partial charge in [0.2, 0.25) is 0 Å². The Morgan fingerprint density at radius 3 is 3.00 bits per heavy atom. The van der Waals surface area contributed by atoms with E-state index in [1.54, 1.807) is 0 Å². The number of likely N-dealkylation sites (N-methyl/N-ethyl adjacent to an activating group) is 1. The van der Waals surface area contributed by atoms with Crippen LogP contribution in [-0.2, 0) is 6.54 Å². The van der Waals surface area contributed by atoms with E-state index < -0.39 is 0 Å².